The lowest BCUT2D eigenvalue weighted by atomic mass is 10.3. The summed E-state index contributed by atoms with van der Waals surface area (Å²) < 4.78 is 0. The zero-order valence-electron chi connectivity index (χ0n) is 4.28. The Kier molecular flexibility index (Phi) is 0.918. The third-order valence-corrected chi connectivity index (χ3v) is 1.22. The van der Waals surface area contributed by atoms with Crippen molar-refractivity contribution in [1.29, 1.82) is 0 Å². The Hall–Kier alpha value is -0.680. The van der Waals surface area contributed by atoms with Crippen LogP contribution >= 0.6 is 0 Å². The Labute approximate surface area is 43.5 Å². The average molecular weight is 95.1 g/mol. The van der Waals surface area contributed by atoms with Gasteiger partial charge < -0.3 is 5.73 Å². The molecule has 0 spiro atoms. The molecule has 0 radical (unpaired) electrons. The highest BCUT2D eigenvalue weighted by Crippen LogP contribution is 2.32. The normalized spacial score (nSPS) is 18.3. The second kappa shape index (κ2) is 1.43. The van der Waals surface area contributed by atoms with E-state index in [0.717, 1.165) is 5.70 Å². The molecule has 2 N–H and O–H groups in total. The summed E-state index contributed by atoms with van der Waals surface area (Å²) in [7, 11) is 0. The van der Waals surface area contributed by atoms with Gasteiger partial charge in [0.25, 0.3) is 0 Å². The lowest BCUT2D eigenvalue weighted by Gasteiger charge is -1.85. The maximum absolute atomic E-state index is 5.42. The van der Waals surface area contributed by atoms with Crippen LogP contribution < -0.4 is 5.73 Å². The maximum Gasteiger partial charge on any atom is 0.0537 e. The molecule has 0 aliphatic heterocycles. The standard InChI is InChI=1S/C6H9N/c1-2-6(7)5-3-4-5/h5H,1,3-4,7H2. The van der Waals surface area contributed by atoms with Gasteiger partial charge in [-0.3, -0.25) is 0 Å². The number of hydrogen-bond donors (Lipinski definition) is 1. The molecule has 0 aromatic heterocycles. The SMILES string of the molecule is C=C=C(N)C1CC1. The predicted molar refractivity (Wildman–Crippen MR) is 29.6 cm³/mol. The van der Waals surface area contributed by atoms with Crippen molar-refractivity contribution in [1.82, 2.24) is 0 Å². The van der Waals surface area contributed by atoms with Crippen molar-refractivity contribution >= 4 is 0 Å². The first-order valence-electron chi connectivity index (χ1n) is 2.50. The van der Waals surface area contributed by atoms with Gasteiger partial charge in [-0.2, -0.15) is 0 Å². The second-order valence-corrected chi connectivity index (χ2v) is 1.91. The highest BCUT2D eigenvalue weighted by molar-refractivity contribution is 5.05. The zero-order chi connectivity index (χ0) is 5.28. The summed E-state index contributed by atoms with van der Waals surface area (Å²) in [4.78, 5) is 0. The molecule has 0 aromatic rings. The molecular weight excluding hydrogens is 86.1 g/mol. The van der Waals surface area contributed by atoms with E-state index in [0.29, 0.717) is 5.92 Å². The molecule has 1 rings (SSSR count). The molecule has 1 aliphatic rings. The summed E-state index contributed by atoms with van der Waals surface area (Å²) in [5, 5.41) is 0. The van der Waals surface area contributed by atoms with Crippen LogP contribution in [-0.2, 0) is 0 Å². The Balaban J connectivity index is 2.53. The van der Waals surface area contributed by atoms with Crippen molar-refractivity contribution in [2.75, 3.05) is 0 Å². The molecule has 0 atom stereocenters. The minimum absolute atomic E-state index is 0.637. The third-order valence-electron chi connectivity index (χ3n) is 1.22. The second-order valence-electron chi connectivity index (χ2n) is 1.91. The lowest BCUT2D eigenvalue weighted by Crippen LogP contribution is -1.95. The van der Waals surface area contributed by atoms with E-state index in [-0.39, 0.29) is 0 Å². The van der Waals surface area contributed by atoms with E-state index >= 15 is 0 Å². The Morgan fingerprint density at radius 1 is 1.71 bits per heavy atom. The summed E-state index contributed by atoms with van der Waals surface area (Å²) in [6.45, 7) is 3.43. The predicted octanol–water partition coefficient (Wildman–Crippen LogP) is 1.02. The van der Waals surface area contributed by atoms with E-state index in [1.165, 1.54) is 12.8 Å². The summed E-state index contributed by atoms with van der Waals surface area (Å²) >= 11 is 0. The van der Waals surface area contributed by atoms with Crippen LogP contribution in [0.4, 0.5) is 0 Å². The first-order valence-corrected chi connectivity index (χ1v) is 2.50. The first kappa shape index (κ1) is 4.48. The van der Waals surface area contributed by atoms with Gasteiger partial charge in [0, 0.05) is 5.92 Å². The highest BCUT2D eigenvalue weighted by atomic mass is 14.6. The maximum atomic E-state index is 5.42. The summed E-state index contributed by atoms with van der Waals surface area (Å²) in [5.74, 6) is 0.637. The Morgan fingerprint density at radius 2 is 2.29 bits per heavy atom. The average Bonchev–Trinajstić information content (AvgIpc) is 2.44. The zero-order valence-corrected chi connectivity index (χ0v) is 4.28. The molecule has 0 bridgehead atoms. The fourth-order valence-corrected chi connectivity index (χ4v) is 0.539. The molecule has 1 saturated carbocycles. The summed E-state index contributed by atoms with van der Waals surface area (Å²) in [6.07, 6.45) is 2.49. The smallest absolute Gasteiger partial charge is 0.0537 e. The van der Waals surface area contributed by atoms with Crippen molar-refractivity contribution in [3.8, 4) is 0 Å². The molecule has 7 heavy (non-hydrogen) atoms. The van der Waals surface area contributed by atoms with Gasteiger partial charge in [-0.05, 0) is 12.8 Å². The van der Waals surface area contributed by atoms with Crippen LogP contribution in [0.3, 0.4) is 0 Å². The van der Waals surface area contributed by atoms with Crippen molar-refractivity contribution in [2.45, 2.75) is 12.8 Å². The van der Waals surface area contributed by atoms with Gasteiger partial charge in [0.15, 0.2) is 0 Å². The topological polar surface area (TPSA) is 26.0 Å². The number of nitrogens with two attached hydrogens (primary N) is 1. The van der Waals surface area contributed by atoms with Gasteiger partial charge in [0.1, 0.15) is 0 Å². The van der Waals surface area contributed by atoms with Crippen molar-refractivity contribution in [3.05, 3.63) is 18.0 Å². The van der Waals surface area contributed by atoms with Gasteiger partial charge in [0.2, 0.25) is 0 Å². The quantitative estimate of drug-likeness (QED) is 0.483. The molecule has 1 nitrogen and oxygen atoms in total. The molecule has 38 valence electrons. The van der Waals surface area contributed by atoms with Gasteiger partial charge in [-0.1, -0.05) is 6.58 Å². The third kappa shape index (κ3) is 0.847. The van der Waals surface area contributed by atoms with E-state index < -0.39 is 0 Å². The molecule has 0 aromatic carbocycles. The van der Waals surface area contributed by atoms with Crippen LogP contribution in [0.15, 0.2) is 18.0 Å². The van der Waals surface area contributed by atoms with Gasteiger partial charge in [0.05, 0.1) is 5.70 Å². The highest BCUT2D eigenvalue weighted by Gasteiger charge is 2.23. The molecule has 0 saturated heterocycles. The van der Waals surface area contributed by atoms with Gasteiger partial charge in [-0.25, -0.2) is 0 Å². The van der Waals surface area contributed by atoms with E-state index in [4.69, 9.17) is 5.73 Å². The molecule has 0 heterocycles. The summed E-state index contributed by atoms with van der Waals surface area (Å²) in [6, 6.07) is 0. The van der Waals surface area contributed by atoms with Crippen LogP contribution in [0.2, 0.25) is 0 Å². The van der Waals surface area contributed by atoms with Crippen molar-refractivity contribution < 1.29 is 0 Å². The monoisotopic (exact) mass is 95.1 g/mol. The summed E-state index contributed by atoms with van der Waals surface area (Å²) in [5.41, 5.74) is 8.94. The lowest BCUT2D eigenvalue weighted by molar-refractivity contribution is 0.986. The minimum atomic E-state index is 0.637. The fourth-order valence-electron chi connectivity index (χ4n) is 0.539. The van der Waals surface area contributed by atoms with Gasteiger partial charge in [-0.15, -0.1) is 5.73 Å². The van der Waals surface area contributed by atoms with E-state index in [9.17, 15) is 0 Å². The minimum Gasteiger partial charge on any atom is -0.396 e. The van der Waals surface area contributed by atoms with Crippen LogP contribution in [0.25, 0.3) is 0 Å². The molecule has 1 fully saturated rings. The molecule has 0 amide bonds. The Morgan fingerprint density at radius 3 is 2.43 bits per heavy atom. The van der Waals surface area contributed by atoms with E-state index in [2.05, 4.69) is 12.3 Å². The van der Waals surface area contributed by atoms with Crippen molar-refractivity contribution in [3.63, 3.8) is 0 Å². The Bertz CT molecular complexity index is 116. The number of hydrogen-bond acceptors (Lipinski definition) is 1. The van der Waals surface area contributed by atoms with E-state index in [1.807, 2.05) is 0 Å². The largest absolute Gasteiger partial charge is 0.396 e. The van der Waals surface area contributed by atoms with Crippen molar-refractivity contribution in [2.24, 2.45) is 11.7 Å². The number of allylic oxidation sites excluding steroid dienone is 1. The molecule has 0 unspecified atom stereocenters. The van der Waals surface area contributed by atoms with Crippen LogP contribution in [0.1, 0.15) is 12.8 Å². The molecular formula is C6H9N. The number of rotatable bonds is 1. The van der Waals surface area contributed by atoms with Crippen LogP contribution in [-0.4, -0.2) is 0 Å². The molecule has 1 heteroatoms. The van der Waals surface area contributed by atoms with Gasteiger partial charge >= 0.3 is 0 Å². The van der Waals surface area contributed by atoms with Crippen LogP contribution in [0.5, 0.6) is 0 Å². The van der Waals surface area contributed by atoms with Crippen LogP contribution in [0, 0.1) is 5.92 Å². The fraction of sp³-hybridized carbons (Fsp3) is 0.500. The van der Waals surface area contributed by atoms with E-state index in [1.54, 1.807) is 0 Å². The molecule has 1 aliphatic carbocycles. The first-order chi connectivity index (χ1) is 3.34.